The molecule has 0 aliphatic carbocycles. The van der Waals surface area contributed by atoms with E-state index in [1.165, 1.54) is 4.68 Å². The molecule has 0 radical (unpaired) electrons. The van der Waals surface area contributed by atoms with Crippen LogP contribution >= 0.6 is 0 Å². The Morgan fingerprint density at radius 2 is 1.88 bits per heavy atom. The molecule has 8 heteroatoms. The lowest BCUT2D eigenvalue weighted by molar-refractivity contribution is -0.125. The van der Waals surface area contributed by atoms with Crippen LogP contribution in [0.1, 0.15) is 18.4 Å². The maximum Gasteiger partial charge on any atom is 0.269 e. The van der Waals surface area contributed by atoms with Crippen molar-refractivity contribution in [2.45, 2.75) is 19.4 Å². The molecule has 34 heavy (non-hydrogen) atoms. The molecule has 1 aliphatic rings. The van der Waals surface area contributed by atoms with E-state index in [0.717, 1.165) is 30.6 Å². The van der Waals surface area contributed by atoms with Crippen LogP contribution in [0.2, 0.25) is 0 Å². The van der Waals surface area contributed by atoms with Gasteiger partial charge in [-0.1, -0.05) is 42.5 Å². The highest BCUT2D eigenvalue weighted by atomic mass is 16.5. The summed E-state index contributed by atoms with van der Waals surface area (Å²) in [5, 5.41) is 7.32. The van der Waals surface area contributed by atoms with Crippen molar-refractivity contribution in [3.63, 3.8) is 0 Å². The maximum atomic E-state index is 12.7. The number of methoxy groups -OCH3 is 1. The van der Waals surface area contributed by atoms with Gasteiger partial charge < -0.3 is 19.7 Å². The Morgan fingerprint density at radius 1 is 1.12 bits per heavy atom. The standard InChI is InChI=1S/C26H30N4O4/c1-33-23-11-5-6-12-24(23)34-15-13-27-26(32)21-10-7-14-29(19-21)22-16-25(31)30(28-17-22)18-20-8-3-2-4-9-20/h2-6,8-9,11-12,16-17,21H,7,10,13-15,18-19H2,1H3,(H,27,32)/t21-/m1/s1. The van der Waals surface area contributed by atoms with Gasteiger partial charge in [0.05, 0.1) is 38.0 Å². The van der Waals surface area contributed by atoms with Crippen LogP contribution < -0.4 is 25.2 Å². The Morgan fingerprint density at radius 3 is 2.65 bits per heavy atom. The molecule has 4 rings (SSSR count). The summed E-state index contributed by atoms with van der Waals surface area (Å²) in [6.07, 6.45) is 3.41. The fourth-order valence-corrected chi connectivity index (χ4v) is 4.12. The number of nitrogens with one attached hydrogen (secondary N) is 1. The number of carbonyl (C=O) groups excluding carboxylic acids is 1. The summed E-state index contributed by atoms with van der Waals surface area (Å²) in [6.45, 7) is 2.55. The van der Waals surface area contributed by atoms with Gasteiger partial charge in [-0.25, -0.2) is 4.68 Å². The number of rotatable bonds is 9. The van der Waals surface area contributed by atoms with Crippen molar-refractivity contribution in [1.29, 1.82) is 0 Å². The summed E-state index contributed by atoms with van der Waals surface area (Å²) in [6, 6.07) is 18.8. The smallest absolute Gasteiger partial charge is 0.269 e. The number of para-hydroxylation sites is 2. The Kier molecular flexibility index (Phi) is 7.80. The van der Waals surface area contributed by atoms with Crippen molar-refractivity contribution in [3.8, 4) is 11.5 Å². The van der Waals surface area contributed by atoms with Crippen LogP contribution in [-0.2, 0) is 11.3 Å². The van der Waals surface area contributed by atoms with E-state index >= 15 is 0 Å². The van der Waals surface area contributed by atoms with Gasteiger partial charge in [0.15, 0.2) is 11.5 Å². The molecule has 2 aromatic carbocycles. The SMILES string of the molecule is COc1ccccc1OCCNC(=O)[C@@H]1CCCN(c2cnn(Cc3ccccc3)c(=O)c2)C1. The van der Waals surface area contributed by atoms with Gasteiger partial charge >= 0.3 is 0 Å². The highest BCUT2D eigenvalue weighted by molar-refractivity contribution is 5.79. The Hall–Kier alpha value is -3.81. The second-order valence-corrected chi connectivity index (χ2v) is 8.27. The molecule has 2 heterocycles. The molecule has 0 unspecified atom stereocenters. The first-order valence-corrected chi connectivity index (χ1v) is 11.5. The van der Waals surface area contributed by atoms with Crippen LogP contribution in [-0.4, -0.2) is 49.0 Å². The molecule has 1 N–H and O–H groups in total. The van der Waals surface area contributed by atoms with Crippen molar-refractivity contribution in [1.82, 2.24) is 15.1 Å². The number of amides is 1. The number of carbonyl (C=O) groups is 1. The molecule has 8 nitrogen and oxygen atoms in total. The van der Waals surface area contributed by atoms with Crippen LogP contribution in [0.15, 0.2) is 71.7 Å². The predicted molar refractivity (Wildman–Crippen MR) is 130 cm³/mol. The number of hydrogen-bond donors (Lipinski definition) is 1. The van der Waals surface area contributed by atoms with Crippen molar-refractivity contribution in [2.24, 2.45) is 5.92 Å². The fraction of sp³-hybridized carbons (Fsp3) is 0.346. The quantitative estimate of drug-likeness (QED) is 0.492. The highest BCUT2D eigenvalue weighted by Gasteiger charge is 2.26. The van der Waals surface area contributed by atoms with E-state index in [4.69, 9.17) is 9.47 Å². The molecular weight excluding hydrogens is 432 g/mol. The average Bonchev–Trinajstić information content (AvgIpc) is 2.88. The summed E-state index contributed by atoms with van der Waals surface area (Å²) in [5.74, 6) is 1.17. The van der Waals surface area contributed by atoms with Crippen LogP contribution in [0.5, 0.6) is 11.5 Å². The molecule has 1 amide bonds. The first-order chi connectivity index (χ1) is 16.6. The zero-order chi connectivity index (χ0) is 23.8. The van der Waals surface area contributed by atoms with E-state index in [2.05, 4.69) is 15.3 Å². The van der Waals surface area contributed by atoms with Crippen LogP contribution in [0.25, 0.3) is 0 Å². The van der Waals surface area contributed by atoms with Gasteiger partial charge in [-0.3, -0.25) is 9.59 Å². The van der Waals surface area contributed by atoms with Crippen molar-refractivity contribution in [3.05, 3.63) is 82.8 Å². The molecule has 1 saturated heterocycles. The summed E-state index contributed by atoms with van der Waals surface area (Å²) >= 11 is 0. The number of ether oxygens (including phenoxy) is 2. The molecule has 0 spiro atoms. The third kappa shape index (κ3) is 5.95. The molecule has 178 valence electrons. The average molecular weight is 463 g/mol. The van der Waals surface area contributed by atoms with Gasteiger partial charge in [0, 0.05) is 19.2 Å². The summed E-state index contributed by atoms with van der Waals surface area (Å²) in [4.78, 5) is 27.4. The van der Waals surface area contributed by atoms with Crippen molar-refractivity contribution in [2.75, 3.05) is 38.3 Å². The van der Waals surface area contributed by atoms with Gasteiger partial charge in [-0.2, -0.15) is 5.10 Å². The highest BCUT2D eigenvalue weighted by Crippen LogP contribution is 2.25. The van der Waals surface area contributed by atoms with Crippen LogP contribution in [0.3, 0.4) is 0 Å². The molecular formula is C26H30N4O4. The van der Waals surface area contributed by atoms with E-state index < -0.39 is 0 Å². The summed E-state index contributed by atoms with van der Waals surface area (Å²) in [7, 11) is 1.60. The zero-order valence-electron chi connectivity index (χ0n) is 19.4. The Balaban J connectivity index is 1.29. The third-order valence-electron chi connectivity index (χ3n) is 5.92. The second-order valence-electron chi connectivity index (χ2n) is 8.27. The lowest BCUT2D eigenvalue weighted by atomic mass is 9.97. The first-order valence-electron chi connectivity index (χ1n) is 11.5. The lowest BCUT2D eigenvalue weighted by Crippen LogP contribution is -2.44. The number of nitrogens with zero attached hydrogens (tertiary/aromatic N) is 3. The van der Waals surface area contributed by atoms with Crippen molar-refractivity contribution < 1.29 is 14.3 Å². The molecule has 0 saturated carbocycles. The van der Waals surface area contributed by atoms with E-state index in [1.807, 2.05) is 54.6 Å². The van der Waals surface area contributed by atoms with E-state index in [9.17, 15) is 9.59 Å². The number of benzene rings is 2. The van der Waals surface area contributed by atoms with Gasteiger partial charge in [-0.15, -0.1) is 0 Å². The monoisotopic (exact) mass is 462 g/mol. The fourth-order valence-electron chi connectivity index (χ4n) is 4.12. The molecule has 1 aromatic heterocycles. The van der Waals surface area contributed by atoms with Gasteiger partial charge in [0.25, 0.3) is 5.56 Å². The molecule has 0 bridgehead atoms. The lowest BCUT2D eigenvalue weighted by Gasteiger charge is -2.33. The van der Waals surface area contributed by atoms with Gasteiger partial charge in [0.2, 0.25) is 5.91 Å². The predicted octanol–water partition coefficient (Wildman–Crippen LogP) is 2.71. The van der Waals surface area contributed by atoms with Gasteiger partial charge in [0.1, 0.15) is 6.61 Å². The van der Waals surface area contributed by atoms with Crippen LogP contribution in [0.4, 0.5) is 5.69 Å². The van der Waals surface area contributed by atoms with E-state index in [1.54, 1.807) is 19.4 Å². The number of hydrogen-bond acceptors (Lipinski definition) is 6. The number of aromatic nitrogens is 2. The Labute approximate surface area is 199 Å². The number of anilines is 1. The summed E-state index contributed by atoms with van der Waals surface area (Å²) in [5.41, 5.74) is 1.63. The normalized spacial score (nSPS) is 15.6. The Bertz CT molecular complexity index is 1150. The minimum atomic E-state index is -0.151. The largest absolute Gasteiger partial charge is 0.493 e. The van der Waals surface area contributed by atoms with E-state index in [0.29, 0.717) is 37.7 Å². The second kappa shape index (κ2) is 11.4. The third-order valence-corrected chi connectivity index (χ3v) is 5.92. The minimum absolute atomic E-state index is 0.00120. The molecule has 1 fully saturated rings. The van der Waals surface area contributed by atoms with Gasteiger partial charge in [-0.05, 0) is 30.5 Å². The molecule has 1 aliphatic heterocycles. The minimum Gasteiger partial charge on any atom is -0.493 e. The van der Waals surface area contributed by atoms with Crippen molar-refractivity contribution >= 4 is 11.6 Å². The van der Waals surface area contributed by atoms with E-state index in [-0.39, 0.29) is 17.4 Å². The molecule has 3 aromatic rings. The number of piperidine rings is 1. The summed E-state index contributed by atoms with van der Waals surface area (Å²) < 4.78 is 12.5. The first kappa shape index (κ1) is 23.4. The zero-order valence-corrected chi connectivity index (χ0v) is 19.4. The maximum absolute atomic E-state index is 12.7. The topological polar surface area (TPSA) is 85.7 Å². The van der Waals surface area contributed by atoms with Crippen LogP contribution in [0, 0.1) is 5.92 Å². The molecule has 1 atom stereocenters.